The molecule has 0 aromatic rings. The van der Waals surface area contributed by atoms with Crippen LogP contribution in [0.5, 0.6) is 0 Å². The van der Waals surface area contributed by atoms with Crippen LogP contribution in [0.4, 0.5) is 8.78 Å². The predicted octanol–water partition coefficient (Wildman–Crippen LogP) is 2.81. The molecular weight excluding hydrogens is 160 g/mol. The molecule has 0 aromatic carbocycles. The minimum absolute atomic E-state index is 0.164. The summed E-state index contributed by atoms with van der Waals surface area (Å²) in [5.74, 6) is 0. The van der Waals surface area contributed by atoms with Crippen molar-refractivity contribution in [3.8, 4) is 0 Å². The van der Waals surface area contributed by atoms with Gasteiger partial charge in [0, 0.05) is 6.04 Å². The third-order valence-electron chi connectivity index (χ3n) is 1.96. The van der Waals surface area contributed by atoms with E-state index in [2.05, 4.69) is 12.2 Å². The van der Waals surface area contributed by atoms with E-state index in [0.29, 0.717) is 0 Å². The van der Waals surface area contributed by atoms with Crippen LogP contribution < -0.4 is 5.32 Å². The van der Waals surface area contributed by atoms with Gasteiger partial charge in [0.15, 0.2) is 0 Å². The second-order valence-electron chi connectivity index (χ2n) is 3.05. The molecule has 12 heavy (non-hydrogen) atoms. The molecule has 0 aliphatic rings. The molecule has 1 unspecified atom stereocenters. The van der Waals surface area contributed by atoms with Crippen LogP contribution in [0.25, 0.3) is 0 Å². The molecule has 0 radical (unpaired) electrons. The molecule has 0 spiro atoms. The monoisotopic (exact) mass is 179 g/mol. The molecular formula is C9H19F2N. The second-order valence-corrected chi connectivity index (χ2v) is 3.05. The number of alkyl halides is 2. The smallest absolute Gasteiger partial charge is 0.250 e. The van der Waals surface area contributed by atoms with Crippen LogP contribution >= 0.6 is 0 Å². The van der Waals surface area contributed by atoms with Gasteiger partial charge in [-0.3, -0.25) is 0 Å². The molecule has 0 aromatic heterocycles. The molecule has 1 N–H and O–H groups in total. The van der Waals surface area contributed by atoms with Crippen LogP contribution in [0.15, 0.2) is 0 Å². The van der Waals surface area contributed by atoms with Gasteiger partial charge in [0.05, 0.1) is 6.54 Å². The Balaban J connectivity index is 3.39. The van der Waals surface area contributed by atoms with Crippen molar-refractivity contribution in [1.29, 1.82) is 0 Å². The summed E-state index contributed by atoms with van der Waals surface area (Å²) >= 11 is 0. The zero-order chi connectivity index (χ0) is 9.40. The SMILES string of the molecule is CCCCC(CC)NCC(F)F. The van der Waals surface area contributed by atoms with E-state index in [1.54, 1.807) is 0 Å². The molecule has 0 aliphatic heterocycles. The summed E-state index contributed by atoms with van der Waals surface area (Å²) in [5.41, 5.74) is 0. The largest absolute Gasteiger partial charge is 0.309 e. The number of hydrogen-bond acceptors (Lipinski definition) is 1. The van der Waals surface area contributed by atoms with Crippen molar-refractivity contribution >= 4 is 0 Å². The summed E-state index contributed by atoms with van der Waals surface area (Å²) in [6.45, 7) is 3.97. The first kappa shape index (κ1) is 11.8. The topological polar surface area (TPSA) is 12.0 Å². The van der Waals surface area contributed by atoms with Crippen molar-refractivity contribution in [1.82, 2.24) is 5.32 Å². The van der Waals surface area contributed by atoms with Crippen molar-refractivity contribution in [2.24, 2.45) is 0 Å². The molecule has 3 heteroatoms. The van der Waals surface area contributed by atoms with Crippen LogP contribution in [0.2, 0.25) is 0 Å². The molecule has 0 aliphatic carbocycles. The second kappa shape index (κ2) is 7.47. The number of hydrogen-bond donors (Lipinski definition) is 1. The first-order valence-electron chi connectivity index (χ1n) is 4.72. The lowest BCUT2D eigenvalue weighted by Gasteiger charge is -2.15. The van der Waals surface area contributed by atoms with E-state index in [9.17, 15) is 8.78 Å². The van der Waals surface area contributed by atoms with Gasteiger partial charge in [-0.15, -0.1) is 0 Å². The van der Waals surface area contributed by atoms with Crippen molar-refractivity contribution in [3.05, 3.63) is 0 Å². The highest BCUT2D eigenvalue weighted by Gasteiger charge is 2.07. The highest BCUT2D eigenvalue weighted by atomic mass is 19.3. The van der Waals surface area contributed by atoms with E-state index in [4.69, 9.17) is 0 Å². The van der Waals surface area contributed by atoms with Crippen LogP contribution in [0, 0.1) is 0 Å². The maximum absolute atomic E-state index is 11.8. The summed E-state index contributed by atoms with van der Waals surface area (Å²) in [6, 6.07) is 0.277. The summed E-state index contributed by atoms with van der Waals surface area (Å²) < 4.78 is 23.6. The fourth-order valence-corrected chi connectivity index (χ4v) is 1.16. The summed E-state index contributed by atoms with van der Waals surface area (Å²) in [4.78, 5) is 0. The zero-order valence-corrected chi connectivity index (χ0v) is 7.95. The molecule has 1 nitrogen and oxygen atoms in total. The van der Waals surface area contributed by atoms with E-state index in [1.165, 1.54) is 0 Å². The quantitative estimate of drug-likeness (QED) is 0.633. The van der Waals surface area contributed by atoms with Gasteiger partial charge in [-0.1, -0.05) is 26.7 Å². The van der Waals surface area contributed by atoms with Gasteiger partial charge in [-0.05, 0) is 12.8 Å². The van der Waals surface area contributed by atoms with Gasteiger partial charge in [-0.25, -0.2) is 8.78 Å². The highest BCUT2D eigenvalue weighted by molar-refractivity contribution is 4.64. The number of rotatable bonds is 7. The maximum atomic E-state index is 11.8. The van der Waals surface area contributed by atoms with Gasteiger partial charge < -0.3 is 5.32 Å². The maximum Gasteiger partial charge on any atom is 0.250 e. The Labute approximate surface area is 73.5 Å². The number of halogens is 2. The van der Waals surface area contributed by atoms with Crippen molar-refractivity contribution in [2.45, 2.75) is 52.0 Å². The summed E-state index contributed by atoms with van der Waals surface area (Å²) in [5, 5.41) is 2.85. The van der Waals surface area contributed by atoms with E-state index in [-0.39, 0.29) is 12.6 Å². The Bertz CT molecular complexity index is 96.5. The van der Waals surface area contributed by atoms with Crippen LogP contribution in [-0.4, -0.2) is 19.0 Å². The van der Waals surface area contributed by atoms with Gasteiger partial charge in [0.2, 0.25) is 0 Å². The van der Waals surface area contributed by atoms with Crippen LogP contribution in [-0.2, 0) is 0 Å². The third kappa shape index (κ3) is 6.53. The van der Waals surface area contributed by atoms with E-state index >= 15 is 0 Å². The Morgan fingerprint density at radius 1 is 1.25 bits per heavy atom. The minimum atomic E-state index is -2.22. The third-order valence-corrected chi connectivity index (χ3v) is 1.96. The summed E-state index contributed by atoms with van der Waals surface area (Å²) in [7, 11) is 0. The van der Waals surface area contributed by atoms with E-state index < -0.39 is 6.43 Å². The normalized spacial score (nSPS) is 13.8. The lowest BCUT2D eigenvalue weighted by atomic mass is 10.1. The zero-order valence-electron chi connectivity index (χ0n) is 7.95. The number of nitrogens with one attached hydrogen (secondary N) is 1. The Morgan fingerprint density at radius 2 is 1.92 bits per heavy atom. The van der Waals surface area contributed by atoms with Crippen LogP contribution in [0.1, 0.15) is 39.5 Å². The molecule has 1 atom stereocenters. The summed E-state index contributed by atoms with van der Waals surface area (Å²) in [6.07, 6.45) is 1.98. The Morgan fingerprint density at radius 3 is 2.33 bits per heavy atom. The molecule has 0 saturated carbocycles. The average molecular weight is 179 g/mol. The van der Waals surface area contributed by atoms with Gasteiger partial charge in [0.25, 0.3) is 6.43 Å². The predicted molar refractivity (Wildman–Crippen MR) is 47.6 cm³/mol. The first-order chi connectivity index (χ1) is 5.70. The average Bonchev–Trinajstić information content (AvgIpc) is 2.05. The number of unbranched alkanes of at least 4 members (excludes halogenated alkanes) is 1. The lowest BCUT2D eigenvalue weighted by molar-refractivity contribution is 0.140. The van der Waals surface area contributed by atoms with Gasteiger partial charge in [0.1, 0.15) is 0 Å². The molecule has 0 heterocycles. The highest BCUT2D eigenvalue weighted by Crippen LogP contribution is 2.04. The van der Waals surface area contributed by atoms with Crippen molar-refractivity contribution < 1.29 is 8.78 Å². The van der Waals surface area contributed by atoms with Crippen molar-refractivity contribution in [2.75, 3.05) is 6.54 Å². The van der Waals surface area contributed by atoms with Crippen LogP contribution in [0.3, 0.4) is 0 Å². The molecule has 0 amide bonds. The Hall–Kier alpha value is -0.180. The molecule has 0 saturated heterocycles. The first-order valence-corrected chi connectivity index (χ1v) is 4.72. The van der Waals surface area contributed by atoms with Gasteiger partial charge >= 0.3 is 0 Å². The van der Waals surface area contributed by atoms with E-state index in [1.807, 2.05) is 6.92 Å². The fourth-order valence-electron chi connectivity index (χ4n) is 1.16. The lowest BCUT2D eigenvalue weighted by Crippen LogP contribution is -2.32. The fraction of sp³-hybridized carbons (Fsp3) is 1.00. The van der Waals surface area contributed by atoms with Gasteiger partial charge in [-0.2, -0.15) is 0 Å². The minimum Gasteiger partial charge on any atom is -0.309 e. The Kier molecular flexibility index (Phi) is 7.36. The van der Waals surface area contributed by atoms with E-state index in [0.717, 1.165) is 25.7 Å². The molecule has 74 valence electrons. The van der Waals surface area contributed by atoms with Crippen molar-refractivity contribution in [3.63, 3.8) is 0 Å². The molecule has 0 fully saturated rings. The molecule has 0 rings (SSSR count). The molecule has 0 bridgehead atoms. The standard InChI is InChI=1S/C9H19F2N/c1-3-5-6-8(4-2)12-7-9(10)11/h8-9,12H,3-7H2,1-2H3.